The predicted octanol–water partition coefficient (Wildman–Crippen LogP) is 5.02. The van der Waals surface area contributed by atoms with E-state index in [-0.39, 0.29) is 18.2 Å². The van der Waals surface area contributed by atoms with E-state index in [0.29, 0.717) is 11.5 Å². The number of methoxy groups -OCH3 is 2. The minimum absolute atomic E-state index is 0.198. The smallest absolute Gasteiger partial charge is 0.218 e. The number of rotatable bonds is 8. The fourth-order valence-corrected chi connectivity index (χ4v) is 4.25. The van der Waals surface area contributed by atoms with Gasteiger partial charge >= 0.3 is 0 Å². The largest absolute Gasteiger partial charge is 0.493 e. The molecule has 0 saturated carbocycles. The Labute approximate surface area is 188 Å². The van der Waals surface area contributed by atoms with Crippen molar-refractivity contribution in [2.45, 2.75) is 25.8 Å². The van der Waals surface area contributed by atoms with E-state index in [1.54, 1.807) is 14.2 Å². The molecule has 0 aliphatic rings. The van der Waals surface area contributed by atoms with Gasteiger partial charge in [-0.2, -0.15) is 0 Å². The van der Waals surface area contributed by atoms with Crippen molar-refractivity contribution < 1.29 is 14.3 Å². The molecular formula is C27H28N2O3. The molecule has 5 heteroatoms. The molecule has 0 radical (unpaired) electrons. The van der Waals surface area contributed by atoms with Crippen molar-refractivity contribution in [3.8, 4) is 11.5 Å². The molecule has 1 amide bonds. The van der Waals surface area contributed by atoms with E-state index in [9.17, 15) is 4.79 Å². The molecule has 1 unspecified atom stereocenters. The summed E-state index contributed by atoms with van der Waals surface area (Å²) in [6.07, 6.45) is 2.35. The Morgan fingerprint density at radius 3 is 2.38 bits per heavy atom. The summed E-state index contributed by atoms with van der Waals surface area (Å²) >= 11 is 0. The highest BCUT2D eigenvalue weighted by Crippen LogP contribution is 2.38. The van der Waals surface area contributed by atoms with Crippen LogP contribution >= 0.6 is 0 Å². The van der Waals surface area contributed by atoms with Gasteiger partial charge in [0.15, 0.2) is 11.5 Å². The van der Waals surface area contributed by atoms with Crippen LogP contribution in [0, 0.1) is 6.92 Å². The molecular weight excluding hydrogens is 400 g/mol. The molecule has 0 bridgehead atoms. The summed E-state index contributed by atoms with van der Waals surface area (Å²) in [4.78, 5) is 12.1. The summed E-state index contributed by atoms with van der Waals surface area (Å²) < 4.78 is 13.1. The van der Waals surface area contributed by atoms with E-state index in [4.69, 9.17) is 15.2 Å². The normalized spacial score (nSPS) is 12.0. The lowest BCUT2D eigenvalue weighted by Gasteiger charge is -2.18. The maximum Gasteiger partial charge on any atom is 0.218 e. The second kappa shape index (κ2) is 9.18. The van der Waals surface area contributed by atoms with E-state index in [2.05, 4.69) is 54.1 Å². The maximum atomic E-state index is 12.1. The second-order valence-corrected chi connectivity index (χ2v) is 8.05. The average molecular weight is 429 g/mol. The van der Waals surface area contributed by atoms with Gasteiger partial charge < -0.3 is 19.8 Å². The standard InChI is InChI=1S/C27H28N2O3/c1-18-8-10-19(11-9-18)16-29-17-23(21-6-4-5-7-24(21)29)22(15-27(28)30)20-12-13-25(31-2)26(14-20)32-3/h4-14,17,22H,15-16H2,1-3H3,(H2,28,30). The average Bonchev–Trinajstić information content (AvgIpc) is 3.16. The van der Waals surface area contributed by atoms with E-state index in [1.165, 1.54) is 11.1 Å². The first kappa shape index (κ1) is 21.5. The summed E-state index contributed by atoms with van der Waals surface area (Å²) in [5.41, 5.74) is 11.3. The fourth-order valence-electron chi connectivity index (χ4n) is 4.25. The Balaban J connectivity index is 1.83. The van der Waals surface area contributed by atoms with Gasteiger partial charge in [-0.15, -0.1) is 0 Å². The molecule has 0 aliphatic heterocycles. The van der Waals surface area contributed by atoms with Crippen LogP contribution in [0.4, 0.5) is 0 Å². The third kappa shape index (κ3) is 4.33. The number of aromatic nitrogens is 1. The van der Waals surface area contributed by atoms with E-state index in [1.807, 2.05) is 30.3 Å². The molecule has 0 spiro atoms. The van der Waals surface area contributed by atoms with Gasteiger partial charge in [-0.1, -0.05) is 54.1 Å². The molecule has 1 heterocycles. The third-order valence-electron chi connectivity index (χ3n) is 5.88. The number of hydrogen-bond acceptors (Lipinski definition) is 3. The fraction of sp³-hybridized carbons (Fsp3) is 0.222. The van der Waals surface area contributed by atoms with Crippen LogP contribution in [0.1, 0.15) is 34.6 Å². The minimum atomic E-state index is -0.347. The molecule has 4 aromatic rings. The van der Waals surface area contributed by atoms with Crippen LogP contribution in [0.25, 0.3) is 10.9 Å². The number of aryl methyl sites for hydroxylation is 1. The number of para-hydroxylation sites is 1. The van der Waals surface area contributed by atoms with Crippen molar-refractivity contribution in [2.75, 3.05) is 14.2 Å². The minimum Gasteiger partial charge on any atom is -0.493 e. The summed E-state index contributed by atoms with van der Waals surface area (Å²) in [6.45, 7) is 2.83. The predicted molar refractivity (Wildman–Crippen MR) is 127 cm³/mol. The van der Waals surface area contributed by atoms with Crippen molar-refractivity contribution in [1.82, 2.24) is 4.57 Å². The van der Waals surface area contributed by atoms with Crippen molar-refractivity contribution in [3.63, 3.8) is 0 Å². The highest BCUT2D eigenvalue weighted by atomic mass is 16.5. The van der Waals surface area contributed by atoms with Gasteiger partial charge in [0.25, 0.3) is 0 Å². The summed E-state index contributed by atoms with van der Waals surface area (Å²) in [5, 5.41) is 1.11. The molecule has 5 nitrogen and oxygen atoms in total. The lowest BCUT2D eigenvalue weighted by Crippen LogP contribution is -2.16. The Morgan fingerprint density at radius 2 is 1.69 bits per heavy atom. The zero-order valence-corrected chi connectivity index (χ0v) is 18.7. The van der Waals surface area contributed by atoms with Crippen LogP contribution in [0.15, 0.2) is 72.9 Å². The van der Waals surface area contributed by atoms with Crippen LogP contribution < -0.4 is 15.2 Å². The van der Waals surface area contributed by atoms with Gasteiger partial charge in [0.1, 0.15) is 0 Å². The van der Waals surface area contributed by atoms with E-state index in [0.717, 1.165) is 28.6 Å². The quantitative estimate of drug-likeness (QED) is 0.428. The monoisotopic (exact) mass is 428 g/mol. The highest BCUT2D eigenvalue weighted by Gasteiger charge is 2.23. The van der Waals surface area contributed by atoms with Crippen LogP contribution in [0.2, 0.25) is 0 Å². The molecule has 2 N–H and O–H groups in total. The van der Waals surface area contributed by atoms with Crippen molar-refractivity contribution in [3.05, 3.63) is 95.2 Å². The first-order chi connectivity index (χ1) is 15.5. The Kier molecular flexibility index (Phi) is 6.17. The zero-order valence-electron chi connectivity index (χ0n) is 18.7. The lowest BCUT2D eigenvalue weighted by atomic mass is 9.88. The van der Waals surface area contributed by atoms with Gasteiger partial charge in [0.05, 0.1) is 14.2 Å². The number of nitrogens with zero attached hydrogens (tertiary/aromatic N) is 1. The number of ether oxygens (including phenoxy) is 2. The van der Waals surface area contributed by atoms with Gasteiger partial charge in [-0.3, -0.25) is 4.79 Å². The number of benzene rings is 3. The van der Waals surface area contributed by atoms with Crippen molar-refractivity contribution >= 4 is 16.8 Å². The Hall–Kier alpha value is -3.73. The van der Waals surface area contributed by atoms with Gasteiger partial charge in [0, 0.05) is 36.0 Å². The molecule has 1 atom stereocenters. The van der Waals surface area contributed by atoms with Crippen molar-refractivity contribution in [2.24, 2.45) is 5.73 Å². The topological polar surface area (TPSA) is 66.5 Å². The number of carbonyl (C=O) groups excluding carboxylic acids is 1. The first-order valence-electron chi connectivity index (χ1n) is 10.6. The molecule has 1 aromatic heterocycles. The van der Waals surface area contributed by atoms with Gasteiger partial charge in [0.2, 0.25) is 5.91 Å². The summed E-state index contributed by atoms with van der Waals surface area (Å²) in [7, 11) is 3.22. The molecule has 4 rings (SSSR count). The molecule has 0 fully saturated rings. The second-order valence-electron chi connectivity index (χ2n) is 8.05. The first-order valence-corrected chi connectivity index (χ1v) is 10.6. The van der Waals surface area contributed by atoms with Gasteiger partial charge in [-0.05, 0) is 41.8 Å². The summed E-state index contributed by atoms with van der Waals surface area (Å²) in [5.74, 6) is 0.732. The van der Waals surface area contributed by atoms with Crippen LogP contribution in [0.5, 0.6) is 11.5 Å². The SMILES string of the molecule is COc1ccc(C(CC(N)=O)c2cn(Cc3ccc(C)cc3)c3ccccc23)cc1OC. The molecule has 32 heavy (non-hydrogen) atoms. The van der Waals surface area contributed by atoms with E-state index < -0.39 is 0 Å². The van der Waals surface area contributed by atoms with Gasteiger partial charge in [-0.25, -0.2) is 0 Å². The number of amides is 1. The number of hydrogen-bond donors (Lipinski definition) is 1. The van der Waals surface area contributed by atoms with E-state index >= 15 is 0 Å². The van der Waals surface area contributed by atoms with Crippen LogP contribution in [-0.4, -0.2) is 24.7 Å². The molecule has 164 valence electrons. The Morgan fingerprint density at radius 1 is 0.969 bits per heavy atom. The van der Waals surface area contributed by atoms with Crippen LogP contribution in [0.3, 0.4) is 0 Å². The number of nitrogens with two attached hydrogens (primary N) is 1. The van der Waals surface area contributed by atoms with Crippen LogP contribution in [-0.2, 0) is 11.3 Å². The molecule has 0 saturated heterocycles. The third-order valence-corrected chi connectivity index (χ3v) is 5.88. The summed E-state index contributed by atoms with van der Waals surface area (Å²) in [6, 6.07) is 22.6. The zero-order chi connectivity index (χ0) is 22.7. The number of primary amides is 1. The number of fused-ring (bicyclic) bond motifs is 1. The maximum absolute atomic E-state index is 12.1. The Bertz CT molecular complexity index is 1240. The highest BCUT2D eigenvalue weighted by molar-refractivity contribution is 5.86. The molecule has 3 aromatic carbocycles. The molecule has 0 aliphatic carbocycles. The lowest BCUT2D eigenvalue weighted by molar-refractivity contribution is -0.118. The van der Waals surface area contributed by atoms with Crippen molar-refractivity contribution in [1.29, 1.82) is 0 Å². The number of carbonyl (C=O) groups is 1.